The molecule has 1 aliphatic rings. The van der Waals surface area contributed by atoms with Crippen molar-refractivity contribution in [1.82, 2.24) is 9.97 Å². The lowest BCUT2D eigenvalue weighted by Gasteiger charge is -2.38. The van der Waals surface area contributed by atoms with Crippen LogP contribution in [0.15, 0.2) is 0 Å². The molecule has 2 nitrogen and oxygen atoms in total. The third kappa shape index (κ3) is 2.40. The summed E-state index contributed by atoms with van der Waals surface area (Å²) >= 11 is 6.32. The van der Waals surface area contributed by atoms with Crippen molar-refractivity contribution >= 4 is 11.6 Å². The molecule has 0 fully saturated rings. The standard InChI is InChI=1S/C15H23ClN2/c1-4-8-15(9-5-2)10-6-7-12-13(15)17-11(3)18-14(12)16/h4-10H2,1-3H3. The van der Waals surface area contributed by atoms with Crippen molar-refractivity contribution in [1.29, 1.82) is 0 Å². The molecule has 0 atom stereocenters. The van der Waals surface area contributed by atoms with Crippen LogP contribution in [0, 0.1) is 6.92 Å². The number of aryl methyl sites for hydroxylation is 1. The minimum atomic E-state index is 0.258. The predicted octanol–water partition coefficient (Wildman–Crippen LogP) is 4.61. The highest BCUT2D eigenvalue weighted by molar-refractivity contribution is 6.30. The Balaban J connectivity index is 2.53. The molecule has 18 heavy (non-hydrogen) atoms. The van der Waals surface area contributed by atoms with Crippen LogP contribution in [0.25, 0.3) is 0 Å². The summed E-state index contributed by atoms with van der Waals surface area (Å²) in [6.07, 6.45) is 8.39. The molecular formula is C15H23ClN2. The topological polar surface area (TPSA) is 25.8 Å². The highest BCUT2D eigenvalue weighted by Gasteiger charge is 2.37. The van der Waals surface area contributed by atoms with Crippen LogP contribution in [-0.4, -0.2) is 9.97 Å². The van der Waals surface area contributed by atoms with Gasteiger partial charge in [-0.1, -0.05) is 38.3 Å². The van der Waals surface area contributed by atoms with E-state index in [1.807, 2.05) is 6.92 Å². The SMILES string of the molecule is CCCC1(CCC)CCCc2c(Cl)nc(C)nc21. The molecule has 0 saturated carbocycles. The fraction of sp³-hybridized carbons (Fsp3) is 0.733. The molecule has 0 bridgehead atoms. The van der Waals surface area contributed by atoms with Crippen LogP contribution >= 0.6 is 11.6 Å². The second-order valence-corrected chi connectivity index (χ2v) is 5.88. The van der Waals surface area contributed by atoms with Gasteiger partial charge in [-0.2, -0.15) is 0 Å². The number of aromatic nitrogens is 2. The smallest absolute Gasteiger partial charge is 0.136 e. The van der Waals surface area contributed by atoms with E-state index in [1.54, 1.807) is 0 Å². The Morgan fingerprint density at radius 2 is 1.83 bits per heavy atom. The average Bonchev–Trinajstić information content (AvgIpc) is 2.31. The van der Waals surface area contributed by atoms with Gasteiger partial charge in [0.1, 0.15) is 11.0 Å². The third-order valence-corrected chi connectivity index (χ3v) is 4.42. The van der Waals surface area contributed by atoms with E-state index in [9.17, 15) is 0 Å². The Hall–Kier alpha value is -0.630. The van der Waals surface area contributed by atoms with Gasteiger partial charge in [-0.3, -0.25) is 0 Å². The first-order valence-electron chi connectivity index (χ1n) is 7.16. The molecule has 0 unspecified atom stereocenters. The number of rotatable bonds is 4. The van der Waals surface area contributed by atoms with Crippen molar-refractivity contribution in [3.63, 3.8) is 0 Å². The molecule has 100 valence electrons. The van der Waals surface area contributed by atoms with E-state index in [1.165, 1.54) is 49.8 Å². The van der Waals surface area contributed by atoms with Gasteiger partial charge in [-0.25, -0.2) is 9.97 Å². The molecule has 3 heteroatoms. The fourth-order valence-electron chi connectivity index (χ4n) is 3.51. The van der Waals surface area contributed by atoms with Crippen LogP contribution in [0.4, 0.5) is 0 Å². The van der Waals surface area contributed by atoms with E-state index in [4.69, 9.17) is 16.6 Å². The van der Waals surface area contributed by atoms with E-state index in [2.05, 4.69) is 18.8 Å². The van der Waals surface area contributed by atoms with E-state index >= 15 is 0 Å². The molecular weight excluding hydrogens is 244 g/mol. The van der Waals surface area contributed by atoms with E-state index in [0.717, 1.165) is 12.2 Å². The minimum Gasteiger partial charge on any atom is -0.237 e. The molecule has 2 rings (SSSR count). The first-order chi connectivity index (χ1) is 8.63. The molecule has 1 heterocycles. The molecule has 1 aliphatic carbocycles. The molecule has 0 N–H and O–H groups in total. The maximum absolute atomic E-state index is 6.32. The number of hydrogen-bond acceptors (Lipinski definition) is 2. The van der Waals surface area contributed by atoms with Gasteiger partial charge >= 0.3 is 0 Å². The zero-order valence-electron chi connectivity index (χ0n) is 11.7. The van der Waals surface area contributed by atoms with Crippen molar-refractivity contribution in [3.05, 3.63) is 22.2 Å². The van der Waals surface area contributed by atoms with Gasteiger partial charge in [0.05, 0.1) is 5.69 Å². The first kappa shape index (κ1) is 13.8. The number of nitrogens with zero attached hydrogens (tertiary/aromatic N) is 2. The second-order valence-electron chi connectivity index (χ2n) is 5.52. The van der Waals surface area contributed by atoms with Crippen molar-refractivity contribution in [2.75, 3.05) is 0 Å². The van der Waals surface area contributed by atoms with Gasteiger partial charge < -0.3 is 0 Å². The summed E-state index contributed by atoms with van der Waals surface area (Å²) in [5.41, 5.74) is 2.74. The predicted molar refractivity (Wildman–Crippen MR) is 76.2 cm³/mol. The van der Waals surface area contributed by atoms with Crippen LogP contribution in [0.2, 0.25) is 5.15 Å². The summed E-state index contributed by atoms with van der Waals surface area (Å²) in [4.78, 5) is 9.10. The van der Waals surface area contributed by atoms with Gasteiger partial charge in [0.2, 0.25) is 0 Å². The van der Waals surface area contributed by atoms with Crippen LogP contribution in [0.3, 0.4) is 0 Å². The van der Waals surface area contributed by atoms with Crippen molar-refractivity contribution in [2.45, 2.75) is 71.1 Å². The van der Waals surface area contributed by atoms with Gasteiger partial charge in [-0.15, -0.1) is 0 Å². The monoisotopic (exact) mass is 266 g/mol. The van der Waals surface area contributed by atoms with Crippen molar-refractivity contribution in [3.8, 4) is 0 Å². The largest absolute Gasteiger partial charge is 0.237 e. The molecule has 0 aromatic carbocycles. The average molecular weight is 267 g/mol. The van der Waals surface area contributed by atoms with Crippen LogP contribution < -0.4 is 0 Å². The van der Waals surface area contributed by atoms with Crippen molar-refractivity contribution < 1.29 is 0 Å². The zero-order valence-corrected chi connectivity index (χ0v) is 12.5. The van der Waals surface area contributed by atoms with E-state index in [0.29, 0.717) is 5.15 Å². The lowest BCUT2D eigenvalue weighted by molar-refractivity contribution is 0.294. The summed E-state index contributed by atoms with van der Waals surface area (Å²) in [5.74, 6) is 0.817. The summed E-state index contributed by atoms with van der Waals surface area (Å²) in [6.45, 7) is 6.48. The first-order valence-corrected chi connectivity index (χ1v) is 7.54. The van der Waals surface area contributed by atoms with E-state index in [-0.39, 0.29) is 5.41 Å². The zero-order chi connectivity index (χ0) is 13.2. The Morgan fingerprint density at radius 3 is 2.44 bits per heavy atom. The van der Waals surface area contributed by atoms with Crippen molar-refractivity contribution in [2.24, 2.45) is 0 Å². The molecule has 0 aliphatic heterocycles. The highest BCUT2D eigenvalue weighted by Crippen LogP contribution is 2.44. The van der Waals surface area contributed by atoms with Crippen LogP contribution in [0.5, 0.6) is 0 Å². The van der Waals surface area contributed by atoms with E-state index < -0.39 is 0 Å². The Kier molecular flexibility index (Phi) is 4.26. The maximum Gasteiger partial charge on any atom is 0.136 e. The number of halogens is 1. The fourth-order valence-corrected chi connectivity index (χ4v) is 3.82. The number of fused-ring (bicyclic) bond motifs is 1. The highest BCUT2D eigenvalue weighted by atomic mass is 35.5. The Morgan fingerprint density at radius 1 is 1.17 bits per heavy atom. The molecule has 0 amide bonds. The summed E-state index contributed by atoms with van der Waals surface area (Å²) in [6, 6.07) is 0. The van der Waals surface area contributed by atoms with Gasteiger partial charge in [0.15, 0.2) is 0 Å². The molecule has 1 aromatic heterocycles. The summed E-state index contributed by atoms with van der Waals surface area (Å²) in [5, 5.41) is 0.689. The lowest BCUT2D eigenvalue weighted by atomic mass is 9.68. The Labute approximate surface area is 115 Å². The minimum absolute atomic E-state index is 0.258. The molecule has 0 saturated heterocycles. The summed E-state index contributed by atoms with van der Waals surface area (Å²) < 4.78 is 0. The maximum atomic E-state index is 6.32. The second kappa shape index (κ2) is 5.56. The quantitative estimate of drug-likeness (QED) is 0.744. The van der Waals surface area contributed by atoms with Gasteiger partial charge in [0.25, 0.3) is 0 Å². The molecule has 0 radical (unpaired) electrons. The lowest BCUT2D eigenvalue weighted by Crippen LogP contribution is -2.33. The molecule has 0 spiro atoms. The van der Waals surface area contributed by atoms with Gasteiger partial charge in [-0.05, 0) is 39.0 Å². The van der Waals surface area contributed by atoms with Crippen LogP contribution in [0.1, 0.15) is 69.5 Å². The normalized spacial score (nSPS) is 17.6. The molecule has 1 aromatic rings. The Bertz CT molecular complexity index is 423. The van der Waals surface area contributed by atoms with Gasteiger partial charge in [0, 0.05) is 11.0 Å². The third-order valence-electron chi connectivity index (χ3n) is 4.11. The number of hydrogen-bond donors (Lipinski definition) is 0. The summed E-state index contributed by atoms with van der Waals surface area (Å²) in [7, 11) is 0. The van der Waals surface area contributed by atoms with Crippen LogP contribution in [-0.2, 0) is 11.8 Å².